The maximum atomic E-state index is 9.67. The summed E-state index contributed by atoms with van der Waals surface area (Å²) in [5.41, 5.74) is 5.40. The molecule has 3 aromatic rings. The summed E-state index contributed by atoms with van der Waals surface area (Å²) in [6, 6.07) is 20.9. The number of methoxy groups -OCH3 is 1. The van der Waals surface area contributed by atoms with Crippen molar-refractivity contribution in [3.05, 3.63) is 101 Å². The van der Waals surface area contributed by atoms with Crippen LogP contribution < -0.4 is 4.74 Å². The van der Waals surface area contributed by atoms with E-state index >= 15 is 0 Å². The molecule has 0 saturated carbocycles. The van der Waals surface area contributed by atoms with E-state index in [2.05, 4.69) is 49.4 Å². The van der Waals surface area contributed by atoms with Gasteiger partial charge in [0.1, 0.15) is 5.75 Å². The van der Waals surface area contributed by atoms with Gasteiger partial charge in [0.25, 0.3) is 0 Å². The van der Waals surface area contributed by atoms with E-state index in [9.17, 15) is 5.26 Å². The predicted octanol–water partition coefficient (Wildman–Crippen LogP) is 5.81. The maximum Gasteiger partial charge on any atom is 0.118 e. The van der Waals surface area contributed by atoms with Crippen molar-refractivity contribution in [2.45, 2.75) is 38.0 Å². The summed E-state index contributed by atoms with van der Waals surface area (Å²) in [5, 5.41) is 14.4. The summed E-state index contributed by atoms with van der Waals surface area (Å²) in [6.07, 6.45) is 10.1. The molecule has 0 N–H and O–H groups in total. The highest BCUT2D eigenvalue weighted by Crippen LogP contribution is 2.35. The van der Waals surface area contributed by atoms with E-state index in [1.165, 1.54) is 11.1 Å². The highest BCUT2D eigenvalue weighted by molar-refractivity contribution is 5.60. The zero-order valence-corrected chi connectivity index (χ0v) is 18.2. The zero-order valence-electron chi connectivity index (χ0n) is 18.2. The van der Waals surface area contributed by atoms with Crippen molar-refractivity contribution < 1.29 is 4.74 Å². The molecular weight excluding hydrogens is 382 g/mol. The van der Waals surface area contributed by atoms with Gasteiger partial charge >= 0.3 is 0 Å². The van der Waals surface area contributed by atoms with Crippen molar-refractivity contribution in [1.82, 2.24) is 9.78 Å². The fourth-order valence-corrected chi connectivity index (χ4v) is 4.03. The Kier molecular flexibility index (Phi) is 5.77. The summed E-state index contributed by atoms with van der Waals surface area (Å²) < 4.78 is 7.18. The minimum Gasteiger partial charge on any atom is -0.497 e. The van der Waals surface area contributed by atoms with Gasteiger partial charge in [-0.1, -0.05) is 61.0 Å². The Hall–Kier alpha value is -3.58. The summed E-state index contributed by atoms with van der Waals surface area (Å²) in [5.74, 6) is 0.672. The molecular formula is C27H27N3O. The van der Waals surface area contributed by atoms with Gasteiger partial charge in [0.2, 0.25) is 0 Å². The number of hydrogen-bond acceptors (Lipinski definition) is 3. The van der Waals surface area contributed by atoms with Gasteiger partial charge in [0.05, 0.1) is 30.5 Å². The second-order valence-corrected chi connectivity index (χ2v) is 8.36. The van der Waals surface area contributed by atoms with E-state index in [0.717, 1.165) is 29.1 Å². The van der Waals surface area contributed by atoms with Gasteiger partial charge in [-0.2, -0.15) is 10.4 Å². The van der Waals surface area contributed by atoms with Crippen LogP contribution in [0.4, 0.5) is 0 Å². The molecule has 4 nitrogen and oxygen atoms in total. The Balaban J connectivity index is 1.47. The molecule has 1 aliphatic rings. The summed E-state index contributed by atoms with van der Waals surface area (Å²) in [7, 11) is 1.68. The van der Waals surface area contributed by atoms with Crippen LogP contribution >= 0.6 is 0 Å². The Morgan fingerprint density at radius 3 is 2.65 bits per heavy atom. The molecule has 0 bridgehead atoms. The third kappa shape index (κ3) is 4.46. The van der Waals surface area contributed by atoms with Crippen LogP contribution in [0.5, 0.6) is 5.75 Å². The quantitative estimate of drug-likeness (QED) is 0.516. The molecule has 0 spiro atoms. The van der Waals surface area contributed by atoms with Crippen LogP contribution in [0.3, 0.4) is 0 Å². The average Bonchev–Trinajstić information content (AvgIpc) is 3.26. The van der Waals surface area contributed by atoms with Crippen LogP contribution in [-0.4, -0.2) is 16.9 Å². The van der Waals surface area contributed by atoms with E-state index in [4.69, 9.17) is 9.84 Å². The SMILES string of the molecule is COc1ccc(C2(C)C=CC(n3ccc(CC(C#N)c4cccc(C)c4)n3)=CC2)cc1. The molecule has 1 aromatic heterocycles. The van der Waals surface area contributed by atoms with Crippen LogP contribution in [0.1, 0.15) is 41.6 Å². The lowest BCUT2D eigenvalue weighted by Crippen LogP contribution is -2.20. The largest absolute Gasteiger partial charge is 0.497 e. The normalized spacial score (nSPS) is 18.8. The number of nitriles is 1. The molecule has 2 unspecified atom stereocenters. The van der Waals surface area contributed by atoms with Crippen LogP contribution in [0.25, 0.3) is 5.70 Å². The number of nitrogens with zero attached hydrogens (tertiary/aromatic N) is 3. The first kappa shape index (κ1) is 20.7. The second kappa shape index (κ2) is 8.65. The fraction of sp³-hybridized carbons (Fsp3) is 0.259. The maximum absolute atomic E-state index is 9.67. The number of ether oxygens (including phenoxy) is 1. The molecule has 0 radical (unpaired) electrons. The summed E-state index contributed by atoms with van der Waals surface area (Å²) in [4.78, 5) is 0. The number of benzene rings is 2. The lowest BCUT2D eigenvalue weighted by molar-refractivity contribution is 0.414. The van der Waals surface area contributed by atoms with Gasteiger partial charge < -0.3 is 4.74 Å². The zero-order chi connectivity index (χ0) is 21.8. The van der Waals surface area contributed by atoms with Crippen molar-refractivity contribution in [3.63, 3.8) is 0 Å². The second-order valence-electron chi connectivity index (χ2n) is 8.36. The van der Waals surface area contributed by atoms with Gasteiger partial charge in [0, 0.05) is 18.0 Å². The van der Waals surface area contributed by atoms with Crippen LogP contribution in [0, 0.1) is 18.3 Å². The average molecular weight is 410 g/mol. The van der Waals surface area contributed by atoms with Crippen molar-refractivity contribution >= 4 is 5.70 Å². The van der Waals surface area contributed by atoms with Crippen LogP contribution in [0.15, 0.2) is 79.0 Å². The lowest BCUT2D eigenvalue weighted by Gasteiger charge is -2.28. The van der Waals surface area contributed by atoms with Gasteiger partial charge in [0.15, 0.2) is 0 Å². The predicted molar refractivity (Wildman–Crippen MR) is 124 cm³/mol. The van der Waals surface area contributed by atoms with E-state index in [1.807, 2.05) is 54.2 Å². The monoisotopic (exact) mass is 409 g/mol. The molecule has 156 valence electrons. The first-order valence-corrected chi connectivity index (χ1v) is 10.6. The van der Waals surface area contributed by atoms with Crippen molar-refractivity contribution in [2.24, 2.45) is 0 Å². The van der Waals surface area contributed by atoms with Gasteiger partial charge in [-0.3, -0.25) is 0 Å². The Morgan fingerprint density at radius 2 is 2.00 bits per heavy atom. The molecule has 2 aromatic carbocycles. The molecule has 4 rings (SSSR count). The third-order valence-electron chi connectivity index (χ3n) is 6.03. The Morgan fingerprint density at radius 1 is 1.19 bits per heavy atom. The lowest BCUT2D eigenvalue weighted by atomic mass is 9.77. The van der Waals surface area contributed by atoms with E-state index < -0.39 is 0 Å². The first-order chi connectivity index (χ1) is 15.0. The smallest absolute Gasteiger partial charge is 0.118 e. The summed E-state index contributed by atoms with van der Waals surface area (Å²) >= 11 is 0. The Bertz CT molecular complexity index is 1160. The van der Waals surface area contributed by atoms with E-state index in [0.29, 0.717) is 6.42 Å². The fourth-order valence-electron chi connectivity index (χ4n) is 4.03. The van der Waals surface area contributed by atoms with Gasteiger partial charge in [-0.05, 0) is 48.7 Å². The number of aryl methyl sites for hydroxylation is 1. The minimum atomic E-state index is -0.197. The molecule has 4 heteroatoms. The minimum absolute atomic E-state index is 0.0528. The van der Waals surface area contributed by atoms with E-state index in [1.54, 1.807) is 7.11 Å². The molecule has 1 aliphatic carbocycles. The van der Waals surface area contributed by atoms with Crippen molar-refractivity contribution in [3.8, 4) is 11.8 Å². The highest BCUT2D eigenvalue weighted by Gasteiger charge is 2.25. The molecule has 0 amide bonds. The van der Waals surface area contributed by atoms with Crippen LogP contribution in [0.2, 0.25) is 0 Å². The molecule has 31 heavy (non-hydrogen) atoms. The van der Waals surface area contributed by atoms with Crippen molar-refractivity contribution in [1.29, 1.82) is 5.26 Å². The number of hydrogen-bond donors (Lipinski definition) is 0. The molecule has 2 atom stereocenters. The number of rotatable bonds is 6. The highest BCUT2D eigenvalue weighted by atomic mass is 16.5. The number of aromatic nitrogens is 2. The van der Waals surface area contributed by atoms with Gasteiger partial charge in [-0.15, -0.1) is 0 Å². The Labute approximate surface area is 184 Å². The molecule has 0 saturated heterocycles. The van der Waals surface area contributed by atoms with Gasteiger partial charge in [-0.25, -0.2) is 4.68 Å². The summed E-state index contributed by atoms with van der Waals surface area (Å²) in [6.45, 7) is 4.29. The standard InChI is InChI=1S/C27H27N3O/c1-20-5-4-6-21(17-20)22(19-28)18-24-13-16-30(29-24)25-11-14-27(2,15-12-25)23-7-9-26(31-3)10-8-23/h4-14,16-17,22H,15,18H2,1-3H3. The van der Waals surface area contributed by atoms with Crippen molar-refractivity contribution in [2.75, 3.05) is 7.11 Å². The molecule has 0 aliphatic heterocycles. The van der Waals surface area contributed by atoms with E-state index in [-0.39, 0.29) is 11.3 Å². The number of allylic oxidation sites excluding steroid dienone is 4. The first-order valence-electron chi connectivity index (χ1n) is 10.6. The van der Waals surface area contributed by atoms with Crippen LogP contribution in [-0.2, 0) is 11.8 Å². The molecule has 0 fully saturated rings. The molecule has 1 heterocycles. The topological polar surface area (TPSA) is 50.8 Å². The third-order valence-corrected chi connectivity index (χ3v) is 6.03.